The number of carbonyl (C=O) groups is 1. The highest BCUT2D eigenvalue weighted by Crippen LogP contribution is 2.25. The van der Waals surface area contributed by atoms with Crippen molar-refractivity contribution in [2.24, 2.45) is 0 Å². The van der Waals surface area contributed by atoms with Crippen molar-refractivity contribution in [3.63, 3.8) is 0 Å². The molecule has 0 aliphatic rings. The fourth-order valence-corrected chi connectivity index (χ4v) is 1.79. The molecule has 4 nitrogen and oxygen atoms in total. The molecule has 0 saturated carbocycles. The fraction of sp³-hybridized carbons (Fsp3) is 0.154. The average molecular weight is 263 g/mol. The molecule has 0 radical (unpaired) electrons. The Morgan fingerprint density at radius 2 is 2.22 bits per heavy atom. The molecule has 0 bridgehead atoms. The zero-order valence-corrected chi connectivity index (χ0v) is 10.5. The number of halogens is 1. The third-order valence-electron chi connectivity index (χ3n) is 2.43. The van der Waals surface area contributed by atoms with Crippen LogP contribution in [0.15, 0.2) is 36.8 Å². The van der Waals surface area contributed by atoms with Crippen LogP contribution < -0.4 is 4.74 Å². The first-order valence-corrected chi connectivity index (χ1v) is 5.70. The van der Waals surface area contributed by atoms with Gasteiger partial charge < -0.3 is 4.74 Å². The molecular formula is C13H11ClN2O2. The molecule has 0 aliphatic carbocycles. The lowest BCUT2D eigenvalue weighted by atomic mass is 10.1. The highest BCUT2D eigenvalue weighted by Gasteiger charge is 2.10. The maximum Gasteiger partial charge on any atom is 0.168 e. The minimum absolute atomic E-state index is 0.0555. The zero-order valence-electron chi connectivity index (χ0n) is 9.76. The molecule has 1 aromatic heterocycles. The summed E-state index contributed by atoms with van der Waals surface area (Å²) in [5.74, 6) is 0.493. The third-order valence-corrected chi connectivity index (χ3v) is 2.73. The van der Waals surface area contributed by atoms with Crippen LogP contribution in [-0.4, -0.2) is 22.9 Å². The van der Waals surface area contributed by atoms with Gasteiger partial charge in [0.15, 0.2) is 5.78 Å². The Morgan fingerprint density at radius 3 is 2.83 bits per heavy atom. The van der Waals surface area contributed by atoms with Gasteiger partial charge in [-0.2, -0.15) is 0 Å². The van der Waals surface area contributed by atoms with E-state index in [0.717, 1.165) is 0 Å². The molecule has 0 unspecified atom stereocenters. The minimum Gasteiger partial charge on any atom is -0.495 e. The Morgan fingerprint density at radius 1 is 1.39 bits per heavy atom. The summed E-state index contributed by atoms with van der Waals surface area (Å²) in [6.07, 6.45) is 4.90. The van der Waals surface area contributed by atoms with Crippen LogP contribution in [0.25, 0.3) is 0 Å². The van der Waals surface area contributed by atoms with E-state index in [2.05, 4.69) is 9.97 Å². The minimum atomic E-state index is -0.0555. The topological polar surface area (TPSA) is 52.1 Å². The van der Waals surface area contributed by atoms with Gasteiger partial charge in [0.2, 0.25) is 0 Å². The summed E-state index contributed by atoms with van der Waals surface area (Å²) in [5, 5.41) is 0.419. The SMILES string of the molecule is COc1ccc(C(=O)Cc2cnccn2)cc1Cl. The summed E-state index contributed by atoms with van der Waals surface area (Å²) in [7, 11) is 1.53. The van der Waals surface area contributed by atoms with Gasteiger partial charge in [-0.05, 0) is 18.2 Å². The molecule has 0 aliphatic heterocycles. The second kappa shape index (κ2) is 5.60. The fourth-order valence-electron chi connectivity index (χ4n) is 1.53. The molecule has 2 aromatic rings. The monoisotopic (exact) mass is 262 g/mol. The smallest absolute Gasteiger partial charge is 0.168 e. The van der Waals surface area contributed by atoms with Crippen molar-refractivity contribution in [1.29, 1.82) is 0 Å². The normalized spacial score (nSPS) is 10.1. The molecule has 92 valence electrons. The number of ether oxygens (including phenoxy) is 1. The number of ketones is 1. The van der Waals surface area contributed by atoms with E-state index < -0.39 is 0 Å². The summed E-state index contributed by atoms with van der Waals surface area (Å²) in [6.45, 7) is 0. The van der Waals surface area contributed by atoms with Crippen LogP contribution in [0.4, 0.5) is 0 Å². The van der Waals surface area contributed by atoms with Crippen molar-refractivity contribution >= 4 is 17.4 Å². The molecule has 0 fully saturated rings. The lowest BCUT2D eigenvalue weighted by molar-refractivity contribution is 0.0992. The maximum atomic E-state index is 12.0. The average Bonchev–Trinajstić information content (AvgIpc) is 2.39. The zero-order chi connectivity index (χ0) is 13.0. The molecule has 18 heavy (non-hydrogen) atoms. The lowest BCUT2D eigenvalue weighted by Gasteiger charge is -2.05. The summed E-state index contributed by atoms with van der Waals surface area (Å²) in [5.41, 5.74) is 1.17. The predicted octanol–water partition coefficient (Wildman–Crippen LogP) is 2.56. The second-order valence-corrected chi connectivity index (χ2v) is 4.05. The third kappa shape index (κ3) is 2.84. The highest BCUT2D eigenvalue weighted by molar-refractivity contribution is 6.32. The molecule has 2 rings (SSSR count). The molecule has 0 spiro atoms. The second-order valence-electron chi connectivity index (χ2n) is 3.65. The molecular weight excluding hydrogens is 252 g/mol. The first-order chi connectivity index (χ1) is 8.70. The first-order valence-electron chi connectivity index (χ1n) is 5.32. The van der Waals surface area contributed by atoms with E-state index in [9.17, 15) is 4.79 Å². The first kappa shape index (κ1) is 12.5. The lowest BCUT2D eigenvalue weighted by Crippen LogP contribution is -2.05. The Balaban J connectivity index is 2.17. The van der Waals surface area contributed by atoms with Gasteiger partial charge in [-0.25, -0.2) is 0 Å². The van der Waals surface area contributed by atoms with E-state index in [-0.39, 0.29) is 12.2 Å². The number of aromatic nitrogens is 2. The van der Waals surface area contributed by atoms with Gasteiger partial charge in [0, 0.05) is 24.2 Å². The van der Waals surface area contributed by atoms with Gasteiger partial charge in [0.25, 0.3) is 0 Å². The highest BCUT2D eigenvalue weighted by atomic mass is 35.5. The van der Waals surface area contributed by atoms with E-state index in [1.165, 1.54) is 7.11 Å². The molecule has 1 aromatic carbocycles. The van der Waals surface area contributed by atoms with Gasteiger partial charge in [0.1, 0.15) is 5.75 Å². The van der Waals surface area contributed by atoms with E-state index in [4.69, 9.17) is 16.3 Å². The van der Waals surface area contributed by atoms with Gasteiger partial charge in [-0.15, -0.1) is 0 Å². The quantitative estimate of drug-likeness (QED) is 0.795. The Bertz CT molecular complexity index is 558. The summed E-state index contributed by atoms with van der Waals surface area (Å²) < 4.78 is 5.03. The van der Waals surface area contributed by atoms with E-state index >= 15 is 0 Å². The number of Topliss-reactive ketones (excluding diaryl/α,β-unsaturated/α-hetero) is 1. The van der Waals surface area contributed by atoms with E-state index in [1.807, 2.05) is 0 Å². The van der Waals surface area contributed by atoms with Crippen LogP contribution in [0.5, 0.6) is 5.75 Å². The number of nitrogens with zero attached hydrogens (tertiary/aromatic N) is 2. The van der Waals surface area contributed by atoms with Crippen molar-refractivity contribution in [2.75, 3.05) is 7.11 Å². The van der Waals surface area contributed by atoms with Crippen molar-refractivity contribution in [3.8, 4) is 5.75 Å². The number of benzene rings is 1. The molecule has 1 heterocycles. The Labute approximate surface area is 110 Å². The number of methoxy groups -OCH3 is 1. The number of carbonyl (C=O) groups excluding carboxylic acids is 1. The molecule has 0 amide bonds. The van der Waals surface area contributed by atoms with Crippen molar-refractivity contribution < 1.29 is 9.53 Å². The molecule has 0 atom stereocenters. The molecule has 5 heteroatoms. The van der Waals surface area contributed by atoms with Crippen LogP contribution in [0.3, 0.4) is 0 Å². The molecule has 0 N–H and O–H groups in total. The summed E-state index contributed by atoms with van der Waals surface area (Å²) in [6, 6.07) is 4.95. The van der Waals surface area contributed by atoms with Crippen molar-refractivity contribution in [2.45, 2.75) is 6.42 Å². The predicted molar refractivity (Wildman–Crippen MR) is 68.1 cm³/mol. The number of hydrogen-bond donors (Lipinski definition) is 0. The van der Waals surface area contributed by atoms with Crippen LogP contribution in [0.1, 0.15) is 16.1 Å². The molecule has 0 saturated heterocycles. The van der Waals surface area contributed by atoms with Crippen molar-refractivity contribution in [3.05, 3.63) is 53.1 Å². The number of rotatable bonds is 4. The van der Waals surface area contributed by atoms with E-state index in [1.54, 1.807) is 36.8 Å². The van der Waals surface area contributed by atoms with Gasteiger partial charge >= 0.3 is 0 Å². The van der Waals surface area contributed by atoms with Crippen molar-refractivity contribution in [1.82, 2.24) is 9.97 Å². The van der Waals surface area contributed by atoms with Gasteiger partial charge in [-0.3, -0.25) is 14.8 Å². The van der Waals surface area contributed by atoms with Gasteiger partial charge in [-0.1, -0.05) is 11.6 Å². The standard InChI is InChI=1S/C13H11ClN2O2/c1-18-13-3-2-9(6-11(13)14)12(17)7-10-8-15-4-5-16-10/h2-6,8H,7H2,1H3. The largest absolute Gasteiger partial charge is 0.495 e. The summed E-state index contributed by atoms with van der Waals surface area (Å²) >= 11 is 5.97. The van der Waals surface area contributed by atoms with Gasteiger partial charge in [0.05, 0.1) is 24.2 Å². The summed E-state index contributed by atoms with van der Waals surface area (Å²) in [4.78, 5) is 20.0. The Kier molecular flexibility index (Phi) is 3.89. The number of hydrogen-bond acceptors (Lipinski definition) is 4. The van der Waals surface area contributed by atoms with Crippen LogP contribution >= 0.6 is 11.6 Å². The van der Waals surface area contributed by atoms with E-state index in [0.29, 0.717) is 22.0 Å². The van der Waals surface area contributed by atoms with Crippen LogP contribution in [-0.2, 0) is 6.42 Å². The van der Waals surface area contributed by atoms with Crippen LogP contribution in [0.2, 0.25) is 5.02 Å². The van der Waals surface area contributed by atoms with Crippen LogP contribution in [0, 0.1) is 0 Å². The Hall–Kier alpha value is -1.94. The maximum absolute atomic E-state index is 12.0.